The normalized spacial score (nSPS) is 10.8. The fourth-order valence-corrected chi connectivity index (χ4v) is 1.94. The topological polar surface area (TPSA) is 93.3 Å². The van der Waals surface area contributed by atoms with Crippen LogP contribution in [-0.2, 0) is 0 Å². The zero-order chi connectivity index (χ0) is 15.4. The van der Waals surface area contributed by atoms with Crippen LogP contribution in [0.4, 0.5) is 5.69 Å². The van der Waals surface area contributed by atoms with Crippen LogP contribution >= 0.6 is 34.8 Å². The van der Waals surface area contributed by atoms with Crippen LogP contribution in [0.5, 0.6) is 0 Å². The van der Waals surface area contributed by atoms with E-state index in [0.29, 0.717) is 0 Å². The van der Waals surface area contributed by atoms with Crippen molar-refractivity contribution in [2.45, 2.75) is 0 Å². The SMILES string of the molecule is Nc1c(Cl)c(Cl)nc(C(=O)N/N=C/c2ccncc2)c1Cl. The molecule has 21 heavy (non-hydrogen) atoms. The molecule has 1 amide bonds. The molecule has 0 aliphatic rings. The van der Waals surface area contributed by atoms with E-state index < -0.39 is 5.91 Å². The number of carbonyl (C=O) groups excluding carboxylic acids is 1. The summed E-state index contributed by atoms with van der Waals surface area (Å²) in [5, 5.41) is 3.58. The Morgan fingerprint density at radius 2 is 1.90 bits per heavy atom. The molecule has 0 aromatic carbocycles. The molecular weight excluding hydrogens is 337 g/mol. The second kappa shape index (κ2) is 6.71. The highest BCUT2D eigenvalue weighted by Gasteiger charge is 2.19. The smallest absolute Gasteiger partial charge is 0.291 e. The molecule has 0 spiro atoms. The lowest BCUT2D eigenvalue weighted by molar-refractivity contribution is 0.0950. The number of amides is 1. The van der Waals surface area contributed by atoms with Crippen molar-refractivity contribution in [3.8, 4) is 0 Å². The maximum absolute atomic E-state index is 11.9. The summed E-state index contributed by atoms with van der Waals surface area (Å²) < 4.78 is 0. The van der Waals surface area contributed by atoms with Crippen molar-refractivity contribution < 1.29 is 4.79 Å². The molecule has 2 heterocycles. The van der Waals surface area contributed by atoms with Crippen LogP contribution in [0.3, 0.4) is 0 Å². The van der Waals surface area contributed by atoms with Gasteiger partial charge >= 0.3 is 0 Å². The Balaban J connectivity index is 2.16. The average molecular weight is 345 g/mol. The number of nitrogens with zero attached hydrogens (tertiary/aromatic N) is 3. The van der Waals surface area contributed by atoms with E-state index in [-0.39, 0.29) is 26.6 Å². The van der Waals surface area contributed by atoms with Crippen LogP contribution in [0, 0.1) is 0 Å². The van der Waals surface area contributed by atoms with E-state index in [1.165, 1.54) is 6.21 Å². The monoisotopic (exact) mass is 343 g/mol. The Morgan fingerprint density at radius 1 is 1.24 bits per heavy atom. The second-order valence-electron chi connectivity index (χ2n) is 3.77. The number of nitrogens with two attached hydrogens (primary N) is 1. The quantitative estimate of drug-likeness (QED) is 0.508. The highest BCUT2D eigenvalue weighted by molar-refractivity contribution is 6.46. The Hall–Kier alpha value is -1.89. The predicted molar refractivity (Wildman–Crippen MR) is 83.0 cm³/mol. The fourth-order valence-electron chi connectivity index (χ4n) is 1.35. The van der Waals surface area contributed by atoms with Gasteiger partial charge in [0.05, 0.1) is 16.9 Å². The third-order valence-corrected chi connectivity index (χ3v) is 3.51. The molecule has 0 aliphatic heterocycles. The molecule has 0 unspecified atom stereocenters. The van der Waals surface area contributed by atoms with E-state index in [1.807, 2.05) is 0 Å². The largest absolute Gasteiger partial charge is 0.396 e. The molecule has 0 aliphatic carbocycles. The maximum atomic E-state index is 11.9. The molecule has 0 saturated carbocycles. The van der Waals surface area contributed by atoms with Crippen molar-refractivity contribution in [1.82, 2.24) is 15.4 Å². The van der Waals surface area contributed by atoms with Gasteiger partial charge in [-0.15, -0.1) is 0 Å². The van der Waals surface area contributed by atoms with E-state index in [4.69, 9.17) is 40.5 Å². The highest BCUT2D eigenvalue weighted by Crippen LogP contribution is 2.34. The van der Waals surface area contributed by atoms with Gasteiger partial charge in [0, 0.05) is 12.4 Å². The molecule has 108 valence electrons. The molecule has 3 N–H and O–H groups in total. The Kier molecular flexibility index (Phi) is 4.95. The van der Waals surface area contributed by atoms with Crippen LogP contribution < -0.4 is 11.2 Å². The molecule has 0 bridgehead atoms. The number of pyridine rings is 2. The van der Waals surface area contributed by atoms with E-state index in [0.717, 1.165) is 5.56 Å². The van der Waals surface area contributed by atoms with Gasteiger partial charge in [0.15, 0.2) is 10.8 Å². The first-order valence-corrected chi connectivity index (χ1v) is 6.67. The van der Waals surface area contributed by atoms with Gasteiger partial charge in [-0.25, -0.2) is 10.4 Å². The first-order chi connectivity index (χ1) is 10.0. The Bertz CT molecular complexity index is 706. The minimum atomic E-state index is -0.657. The van der Waals surface area contributed by atoms with Gasteiger partial charge in [-0.3, -0.25) is 9.78 Å². The van der Waals surface area contributed by atoms with E-state index in [9.17, 15) is 4.79 Å². The predicted octanol–water partition coefficient (Wildman–Crippen LogP) is 2.78. The highest BCUT2D eigenvalue weighted by atomic mass is 35.5. The van der Waals surface area contributed by atoms with E-state index >= 15 is 0 Å². The molecular formula is C12H8Cl3N5O. The Labute approximate surface area is 134 Å². The molecule has 0 fully saturated rings. The zero-order valence-electron chi connectivity index (χ0n) is 10.3. The summed E-state index contributed by atoms with van der Waals surface area (Å²) in [4.78, 5) is 19.6. The summed E-state index contributed by atoms with van der Waals surface area (Å²) >= 11 is 17.4. The van der Waals surface area contributed by atoms with Crippen LogP contribution in [-0.4, -0.2) is 22.1 Å². The number of carbonyl (C=O) groups is 1. The van der Waals surface area contributed by atoms with Gasteiger partial charge in [-0.1, -0.05) is 34.8 Å². The molecule has 6 nitrogen and oxygen atoms in total. The van der Waals surface area contributed by atoms with Crippen molar-refractivity contribution in [2.24, 2.45) is 5.10 Å². The number of hydrazone groups is 1. The number of aromatic nitrogens is 2. The number of anilines is 1. The maximum Gasteiger partial charge on any atom is 0.291 e. The number of nitrogens with one attached hydrogen (secondary N) is 1. The standard InChI is InChI=1S/C12H8Cl3N5O/c13-7-9(16)8(14)11(15)19-10(7)12(21)20-18-5-6-1-3-17-4-2-6/h1-5H,(H2,16,19)(H,20,21)/b18-5+. The minimum absolute atomic E-state index is 0.00139. The van der Waals surface area contributed by atoms with Gasteiger partial charge in [-0.2, -0.15) is 5.10 Å². The molecule has 0 radical (unpaired) electrons. The van der Waals surface area contributed by atoms with Gasteiger partial charge in [-0.05, 0) is 17.7 Å². The van der Waals surface area contributed by atoms with Crippen molar-refractivity contribution in [1.29, 1.82) is 0 Å². The molecule has 2 aromatic heterocycles. The van der Waals surface area contributed by atoms with Crippen LogP contribution in [0.1, 0.15) is 16.1 Å². The van der Waals surface area contributed by atoms with Gasteiger partial charge in [0.2, 0.25) is 0 Å². The molecule has 2 rings (SSSR count). The Morgan fingerprint density at radius 3 is 2.57 bits per heavy atom. The van der Waals surface area contributed by atoms with Crippen LogP contribution in [0.25, 0.3) is 0 Å². The van der Waals surface area contributed by atoms with Crippen LogP contribution in [0.15, 0.2) is 29.6 Å². The second-order valence-corrected chi connectivity index (χ2v) is 4.89. The fraction of sp³-hybridized carbons (Fsp3) is 0. The van der Waals surface area contributed by atoms with Crippen molar-refractivity contribution >= 4 is 52.6 Å². The number of hydrogen-bond acceptors (Lipinski definition) is 5. The van der Waals surface area contributed by atoms with Gasteiger partial charge in [0.25, 0.3) is 5.91 Å². The molecule has 0 saturated heterocycles. The lowest BCUT2D eigenvalue weighted by Gasteiger charge is -2.07. The minimum Gasteiger partial charge on any atom is -0.396 e. The molecule has 0 atom stereocenters. The summed E-state index contributed by atoms with van der Waals surface area (Å²) in [7, 11) is 0. The number of halogens is 3. The van der Waals surface area contributed by atoms with Gasteiger partial charge < -0.3 is 5.73 Å². The summed E-state index contributed by atoms with van der Waals surface area (Å²) in [6, 6.07) is 3.44. The first kappa shape index (κ1) is 15.5. The van der Waals surface area contributed by atoms with Crippen molar-refractivity contribution in [3.63, 3.8) is 0 Å². The molecule has 9 heteroatoms. The summed E-state index contributed by atoms with van der Waals surface area (Å²) in [6.45, 7) is 0. The number of nitrogen functional groups attached to an aromatic ring is 1. The van der Waals surface area contributed by atoms with E-state index in [2.05, 4.69) is 20.5 Å². The third kappa shape index (κ3) is 3.60. The third-order valence-electron chi connectivity index (χ3n) is 2.37. The van der Waals surface area contributed by atoms with E-state index in [1.54, 1.807) is 24.5 Å². The number of rotatable bonds is 3. The number of hydrogen-bond donors (Lipinski definition) is 2. The van der Waals surface area contributed by atoms with Crippen LogP contribution in [0.2, 0.25) is 15.2 Å². The summed E-state index contributed by atoms with van der Waals surface area (Å²) in [5.41, 5.74) is 8.49. The average Bonchev–Trinajstić information content (AvgIpc) is 2.49. The van der Waals surface area contributed by atoms with Gasteiger partial charge in [0.1, 0.15) is 5.02 Å². The lowest BCUT2D eigenvalue weighted by atomic mass is 10.3. The zero-order valence-corrected chi connectivity index (χ0v) is 12.6. The van der Waals surface area contributed by atoms with Crippen molar-refractivity contribution in [3.05, 3.63) is 51.0 Å². The summed E-state index contributed by atoms with van der Waals surface area (Å²) in [5.74, 6) is -0.657. The first-order valence-electron chi connectivity index (χ1n) is 5.54. The lowest BCUT2D eigenvalue weighted by Crippen LogP contribution is -2.20. The van der Waals surface area contributed by atoms with Crippen molar-refractivity contribution in [2.75, 3.05) is 5.73 Å². The summed E-state index contributed by atoms with van der Waals surface area (Å²) in [6.07, 6.45) is 4.64. The molecule has 2 aromatic rings.